The van der Waals surface area contributed by atoms with E-state index in [1.165, 1.54) is 24.8 Å². The van der Waals surface area contributed by atoms with E-state index in [1.54, 1.807) is 0 Å². The van der Waals surface area contributed by atoms with Gasteiger partial charge in [-0.1, -0.05) is 6.42 Å². The number of nitrogens with zero attached hydrogens (tertiary/aromatic N) is 2. The van der Waals surface area contributed by atoms with Crippen molar-refractivity contribution in [2.75, 3.05) is 26.2 Å². The first kappa shape index (κ1) is 13.5. The molecule has 0 saturated carbocycles. The molecule has 5 heteroatoms. The van der Waals surface area contributed by atoms with Gasteiger partial charge in [0, 0.05) is 30.9 Å². The third-order valence-electron chi connectivity index (χ3n) is 3.55. The number of hydrogen-bond donors (Lipinski definition) is 3. The molecule has 102 valence electrons. The zero-order chi connectivity index (χ0) is 12.8. The van der Waals surface area contributed by atoms with Crippen molar-refractivity contribution in [2.24, 2.45) is 0 Å². The molecule has 1 unspecified atom stereocenters. The van der Waals surface area contributed by atoms with Crippen molar-refractivity contribution in [1.82, 2.24) is 20.4 Å². The van der Waals surface area contributed by atoms with Crippen LogP contribution in [0.3, 0.4) is 0 Å². The molecule has 3 N–H and O–H groups in total. The average molecular weight is 252 g/mol. The van der Waals surface area contributed by atoms with E-state index in [2.05, 4.69) is 20.4 Å². The average Bonchev–Trinajstić information content (AvgIpc) is 2.76. The molecular formula is C13H24N4O. The van der Waals surface area contributed by atoms with Crippen LogP contribution in [0.25, 0.3) is 0 Å². The smallest absolute Gasteiger partial charge is 0.0791 e. The number of aromatic amines is 1. The van der Waals surface area contributed by atoms with Crippen LogP contribution in [-0.2, 0) is 6.54 Å². The van der Waals surface area contributed by atoms with Crippen LogP contribution in [0.2, 0.25) is 0 Å². The summed E-state index contributed by atoms with van der Waals surface area (Å²) in [6.07, 6.45) is 5.43. The maximum absolute atomic E-state index is 9.97. The lowest BCUT2D eigenvalue weighted by molar-refractivity contribution is 0.1000. The monoisotopic (exact) mass is 252 g/mol. The predicted octanol–water partition coefficient (Wildman–Crippen LogP) is 0.655. The van der Waals surface area contributed by atoms with Gasteiger partial charge in [0.05, 0.1) is 12.3 Å². The fraction of sp³-hybridized carbons (Fsp3) is 0.769. The van der Waals surface area contributed by atoms with E-state index in [0.717, 1.165) is 31.9 Å². The summed E-state index contributed by atoms with van der Waals surface area (Å²) >= 11 is 0. The fourth-order valence-electron chi connectivity index (χ4n) is 2.43. The summed E-state index contributed by atoms with van der Waals surface area (Å²) in [5.74, 6) is 0. The van der Waals surface area contributed by atoms with Crippen molar-refractivity contribution in [2.45, 2.75) is 38.8 Å². The van der Waals surface area contributed by atoms with Gasteiger partial charge < -0.3 is 15.3 Å². The number of likely N-dealkylation sites (tertiary alicyclic amines) is 1. The third-order valence-corrected chi connectivity index (χ3v) is 3.55. The SMILES string of the molecule is Cc1[nH]ncc1CNCC(O)CN1CCCCC1. The maximum atomic E-state index is 9.97. The molecule has 0 spiro atoms. The Balaban J connectivity index is 1.62. The van der Waals surface area contributed by atoms with E-state index in [4.69, 9.17) is 0 Å². The molecule has 0 amide bonds. The van der Waals surface area contributed by atoms with Crippen LogP contribution in [0, 0.1) is 6.92 Å². The van der Waals surface area contributed by atoms with E-state index in [9.17, 15) is 5.11 Å². The Morgan fingerprint density at radius 3 is 2.89 bits per heavy atom. The second kappa shape index (κ2) is 6.87. The molecule has 1 fully saturated rings. The maximum Gasteiger partial charge on any atom is 0.0791 e. The van der Waals surface area contributed by atoms with Crippen molar-refractivity contribution in [3.8, 4) is 0 Å². The number of nitrogens with one attached hydrogen (secondary N) is 2. The van der Waals surface area contributed by atoms with Crippen LogP contribution in [0.4, 0.5) is 0 Å². The highest BCUT2D eigenvalue weighted by Gasteiger charge is 2.14. The second-order valence-corrected chi connectivity index (χ2v) is 5.17. The summed E-state index contributed by atoms with van der Waals surface area (Å²) in [4.78, 5) is 2.36. The number of β-amino-alcohol motifs (C(OH)–C–C–N with tert-alkyl or cyclic N) is 1. The first-order chi connectivity index (χ1) is 8.75. The van der Waals surface area contributed by atoms with Crippen LogP contribution in [0.1, 0.15) is 30.5 Å². The number of aromatic nitrogens is 2. The van der Waals surface area contributed by atoms with Crippen molar-refractivity contribution in [3.05, 3.63) is 17.5 Å². The standard InChI is InChI=1S/C13H24N4O/c1-11-12(8-15-16-11)7-14-9-13(18)10-17-5-3-2-4-6-17/h8,13-14,18H,2-7,9-10H2,1H3,(H,15,16). The molecule has 1 aromatic heterocycles. The number of piperidine rings is 1. The molecule has 1 aliphatic rings. The number of aliphatic hydroxyl groups excluding tert-OH is 1. The van der Waals surface area contributed by atoms with Crippen molar-refractivity contribution < 1.29 is 5.11 Å². The zero-order valence-electron chi connectivity index (χ0n) is 11.2. The molecule has 18 heavy (non-hydrogen) atoms. The van der Waals surface area contributed by atoms with Crippen molar-refractivity contribution >= 4 is 0 Å². The minimum atomic E-state index is -0.282. The number of H-pyrrole nitrogens is 1. The van der Waals surface area contributed by atoms with Crippen LogP contribution in [-0.4, -0.2) is 52.5 Å². The lowest BCUT2D eigenvalue weighted by Crippen LogP contribution is -2.40. The summed E-state index contributed by atoms with van der Waals surface area (Å²) in [6.45, 7) is 6.47. The molecule has 1 saturated heterocycles. The first-order valence-electron chi connectivity index (χ1n) is 6.85. The predicted molar refractivity (Wildman–Crippen MR) is 71.3 cm³/mol. The Labute approximate surface area is 109 Å². The molecular weight excluding hydrogens is 228 g/mol. The number of aliphatic hydroxyl groups is 1. The van der Waals surface area contributed by atoms with Crippen LogP contribution >= 0.6 is 0 Å². The van der Waals surface area contributed by atoms with Gasteiger partial charge in [0.2, 0.25) is 0 Å². The highest BCUT2D eigenvalue weighted by atomic mass is 16.3. The zero-order valence-corrected chi connectivity index (χ0v) is 11.2. The first-order valence-corrected chi connectivity index (χ1v) is 6.85. The van der Waals surface area contributed by atoms with Gasteiger partial charge in [-0.2, -0.15) is 5.10 Å². The Bertz CT molecular complexity index is 347. The summed E-state index contributed by atoms with van der Waals surface area (Å²) in [5, 5.41) is 20.1. The third kappa shape index (κ3) is 4.08. The summed E-state index contributed by atoms with van der Waals surface area (Å²) in [5.41, 5.74) is 2.26. The Morgan fingerprint density at radius 2 is 2.22 bits per heavy atom. The molecule has 5 nitrogen and oxygen atoms in total. The van der Waals surface area contributed by atoms with Gasteiger partial charge in [-0.15, -0.1) is 0 Å². The van der Waals surface area contributed by atoms with Gasteiger partial charge in [-0.05, 0) is 32.9 Å². The van der Waals surface area contributed by atoms with Crippen molar-refractivity contribution in [3.63, 3.8) is 0 Å². The molecule has 1 atom stereocenters. The van der Waals surface area contributed by atoms with E-state index in [1.807, 2.05) is 13.1 Å². The van der Waals surface area contributed by atoms with Gasteiger partial charge >= 0.3 is 0 Å². The van der Waals surface area contributed by atoms with Gasteiger partial charge in [0.1, 0.15) is 0 Å². The molecule has 0 aliphatic carbocycles. The molecule has 0 aromatic carbocycles. The molecule has 0 radical (unpaired) electrons. The molecule has 0 bridgehead atoms. The fourth-order valence-corrected chi connectivity index (χ4v) is 2.43. The minimum Gasteiger partial charge on any atom is -0.390 e. The topological polar surface area (TPSA) is 64.2 Å². The van der Waals surface area contributed by atoms with Gasteiger partial charge in [-0.3, -0.25) is 5.10 Å². The highest BCUT2D eigenvalue weighted by molar-refractivity contribution is 5.13. The van der Waals surface area contributed by atoms with Crippen LogP contribution < -0.4 is 5.32 Å². The second-order valence-electron chi connectivity index (χ2n) is 5.17. The van der Waals surface area contributed by atoms with E-state index in [0.29, 0.717) is 6.54 Å². The minimum absolute atomic E-state index is 0.282. The van der Waals surface area contributed by atoms with E-state index < -0.39 is 0 Å². The van der Waals surface area contributed by atoms with Crippen LogP contribution in [0.5, 0.6) is 0 Å². The van der Waals surface area contributed by atoms with Crippen LogP contribution in [0.15, 0.2) is 6.20 Å². The normalized spacial score (nSPS) is 19.0. The molecule has 1 aromatic rings. The van der Waals surface area contributed by atoms with E-state index in [-0.39, 0.29) is 6.10 Å². The molecule has 2 rings (SSSR count). The highest BCUT2D eigenvalue weighted by Crippen LogP contribution is 2.08. The van der Waals surface area contributed by atoms with Gasteiger partial charge in [0.25, 0.3) is 0 Å². The van der Waals surface area contributed by atoms with E-state index >= 15 is 0 Å². The number of rotatable bonds is 6. The summed E-state index contributed by atoms with van der Waals surface area (Å²) in [7, 11) is 0. The largest absolute Gasteiger partial charge is 0.390 e. The number of hydrogen-bond acceptors (Lipinski definition) is 4. The molecule has 2 heterocycles. The molecule has 1 aliphatic heterocycles. The Morgan fingerprint density at radius 1 is 1.44 bits per heavy atom. The van der Waals surface area contributed by atoms with Gasteiger partial charge in [0.15, 0.2) is 0 Å². The summed E-state index contributed by atoms with van der Waals surface area (Å²) < 4.78 is 0. The van der Waals surface area contributed by atoms with Gasteiger partial charge in [-0.25, -0.2) is 0 Å². The Kier molecular flexibility index (Phi) is 5.16. The van der Waals surface area contributed by atoms with Crippen molar-refractivity contribution in [1.29, 1.82) is 0 Å². The Hall–Kier alpha value is -0.910. The lowest BCUT2D eigenvalue weighted by Gasteiger charge is -2.28. The quantitative estimate of drug-likeness (QED) is 0.696. The summed E-state index contributed by atoms with van der Waals surface area (Å²) in [6, 6.07) is 0. The number of aryl methyl sites for hydroxylation is 1. The lowest BCUT2D eigenvalue weighted by atomic mass is 10.1.